The van der Waals surface area contributed by atoms with Crippen LogP contribution >= 0.6 is 24.0 Å². The second-order valence-electron chi connectivity index (χ2n) is 8.11. The topological polar surface area (TPSA) is 67.4 Å². The average molecular weight is 566 g/mol. The Labute approximate surface area is 213 Å². The van der Waals surface area contributed by atoms with Crippen molar-refractivity contribution in [3.8, 4) is 11.5 Å². The number of halogens is 1. The molecule has 1 atom stereocenters. The van der Waals surface area contributed by atoms with E-state index in [9.17, 15) is 0 Å². The van der Waals surface area contributed by atoms with E-state index in [-0.39, 0.29) is 30.0 Å². The fraction of sp³-hybridized carbons (Fsp3) is 0.480. The number of morpholine rings is 1. The van der Waals surface area contributed by atoms with Gasteiger partial charge in [-0.05, 0) is 41.3 Å². The van der Waals surface area contributed by atoms with Crippen LogP contribution in [-0.2, 0) is 17.6 Å². The summed E-state index contributed by atoms with van der Waals surface area (Å²) in [6.07, 6.45) is 1.95. The summed E-state index contributed by atoms with van der Waals surface area (Å²) in [5, 5.41) is 6.99. The summed E-state index contributed by atoms with van der Waals surface area (Å²) in [6, 6.07) is 15.1. The quantitative estimate of drug-likeness (QED) is 0.291. The summed E-state index contributed by atoms with van der Waals surface area (Å²) in [6.45, 7) is 5.77. The zero-order valence-corrected chi connectivity index (χ0v) is 21.8. The first-order valence-corrected chi connectivity index (χ1v) is 11.4. The number of ether oxygens (including phenoxy) is 3. The molecule has 0 amide bonds. The zero-order chi connectivity index (χ0) is 22.2. The van der Waals surface area contributed by atoms with Crippen molar-refractivity contribution in [2.24, 2.45) is 4.99 Å². The second kappa shape index (κ2) is 13.0. The number of hydrogen-bond acceptors (Lipinski definition) is 5. The van der Waals surface area contributed by atoms with Crippen LogP contribution in [0.2, 0.25) is 0 Å². The number of hydrogen-bond donors (Lipinski definition) is 2. The van der Waals surface area contributed by atoms with Crippen molar-refractivity contribution >= 4 is 29.9 Å². The normalized spacial score (nSPS) is 16.8. The van der Waals surface area contributed by atoms with Gasteiger partial charge in [-0.25, -0.2) is 0 Å². The molecule has 4 rings (SSSR count). The predicted molar refractivity (Wildman–Crippen MR) is 142 cm³/mol. The van der Waals surface area contributed by atoms with Crippen molar-refractivity contribution in [1.29, 1.82) is 0 Å². The third-order valence-electron chi connectivity index (χ3n) is 6.13. The van der Waals surface area contributed by atoms with Gasteiger partial charge in [0, 0.05) is 39.6 Å². The van der Waals surface area contributed by atoms with Crippen LogP contribution in [0.1, 0.15) is 22.7 Å². The van der Waals surface area contributed by atoms with Crippen LogP contribution in [0.3, 0.4) is 0 Å². The SMILES string of the molecule is CN=C(NCCc1ccc2c(c1)CCO2)NCC(c1ccc(OC)cc1)N1CCOCC1.I. The van der Waals surface area contributed by atoms with E-state index in [1.807, 2.05) is 19.2 Å². The number of nitrogens with one attached hydrogen (secondary N) is 2. The monoisotopic (exact) mass is 566 g/mol. The zero-order valence-electron chi connectivity index (χ0n) is 19.5. The molecule has 2 aliphatic heterocycles. The van der Waals surface area contributed by atoms with Gasteiger partial charge >= 0.3 is 0 Å². The Hall–Kier alpha value is -2.04. The van der Waals surface area contributed by atoms with Gasteiger partial charge < -0.3 is 24.8 Å². The molecule has 0 radical (unpaired) electrons. The van der Waals surface area contributed by atoms with Crippen molar-refractivity contribution in [3.63, 3.8) is 0 Å². The third-order valence-corrected chi connectivity index (χ3v) is 6.13. The van der Waals surface area contributed by atoms with Crippen molar-refractivity contribution < 1.29 is 14.2 Å². The van der Waals surface area contributed by atoms with Gasteiger partial charge in [0.15, 0.2) is 5.96 Å². The number of fused-ring (bicyclic) bond motifs is 1. The molecule has 1 saturated heterocycles. The Morgan fingerprint density at radius 3 is 2.61 bits per heavy atom. The van der Waals surface area contributed by atoms with Gasteiger partial charge in [-0.2, -0.15) is 0 Å². The molecule has 2 N–H and O–H groups in total. The minimum Gasteiger partial charge on any atom is -0.497 e. The van der Waals surface area contributed by atoms with Crippen molar-refractivity contribution in [3.05, 3.63) is 59.2 Å². The van der Waals surface area contributed by atoms with E-state index in [2.05, 4.69) is 50.9 Å². The summed E-state index contributed by atoms with van der Waals surface area (Å²) in [5.74, 6) is 2.73. The van der Waals surface area contributed by atoms with E-state index in [1.165, 1.54) is 16.7 Å². The highest BCUT2D eigenvalue weighted by molar-refractivity contribution is 14.0. The Morgan fingerprint density at radius 2 is 1.88 bits per heavy atom. The highest BCUT2D eigenvalue weighted by Gasteiger charge is 2.23. The summed E-state index contributed by atoms with van der Waals surface area (Å²) >= 11 is 0. The molecule has 180 valence electrons. The van der Waals surface area contributed by atoms with E-state index >= 15 is 0 Å². The maximum Gasteiger partial charge on any atom is 0.191 e. The lowest BCUT2D eigenvalue weighted by Gasteiger charge is -2.35. The molecule has 33 heavy (non-hydrogen) atoms. The maximum absolute atomic E-state index is 5.60. The lowest BCUT2D eigenvalue weighted by molar-refractivity contribution is 0.0170. The first-order chi connectivity index (χ1) is 15.8. The lowest BCUT2D eigenvalue weighted by Crippen LogP contribution is -2.46. The van der Waals surface area contributed by atoms with Crippen LogP contribution in [0, 0.1) is 0 Å². The Bertz CT molecular complexity index is 901. The van der Waals surface area contributed by atoms with Crippen LogP contribution < -0.4 is 20.1 Å². The molecule has 2 aromatic carbocycles. The van der Waals surface area contributed by atoms with Gasteiger partial charge in [-0.3, -0.25) is 9.89 Å². The maximum atomic E-state index is 5.60. The van der Waals surface area contributed by atoms with Crippen molar-refractivity contribution in [2.45, 2.75) is 18.9 Å². The molecule has 2 heterocycles. The average Bonchev–Trinajstić information content (AvgIpc) is 3.32. The van der Waals surface area contributed by atoms with Gasteiger partial charge in [0.1, 0.15) is 11.5 Å². The van der Waals surface area contributed by atoms with Crippen LogP contribution in [0.4, 0.5) is 0 Å². The van der Waals surface area contributed by atoms with E-state index in [1.54, 1.807) is 7.11 Å². The number of benzene rings is 2. The van der Waals surface area contributed by atoms with Gasteiger partial charge in [-0.15, -0.1) is 24.0 Å². The molecule has 2 aromatic rings. The molecule has 2 aliphatic rings. The van der Waals surface area contributed by atoms with Gasteiger partial charge in [-0.1, -0.05) is 24.3 Å². The number of methoxy groups -OCH3 is 1. The predicted octanol–water partition coefficient (Wildman–Crippen LogP) is 3.03. The molecule has 0 aromatic heterocycles. The van der Waals surface area contributed by atoms with Crippen LogP contribution in [0.15, 0.2) is 47.5 Å². The highest BCUT2D eigenvalue weighted by atomic mass is 127. The van der Waals surface area contributed by atoms with Gasteiger partial charge in [0.25, 0.3) is 0 Å². The van der Waals surface area contributed by atoms with Gasteiger partial charge in [0.05, 0.1) is 33.0 Å². The molecule has 7 nitrogen and oxygen atoms in total. The molecule has 0 spiro atoms. The second-order valence-corrected chi connectivity index (χ2v) is 8.11. The Kier molecular flexibility index (Phi) is 10.1. The summed E-state index contributed by atoms with van der Waals surface area (Å²) < 4.78 is 16.5. The molecule has 1 unspecified atom stereocenters. The van der Waals surface area contributed by atoms with Crippen molar-refractivity contribution in [2.75, 3.05) is 60.2 Å². The number of aliphatic imine (C=N–C) groups is 1. The first-order valence-electron chi connectivity index (χ1n) is 11.4. The van der Waals surface area contributed by atoms with Crippen molar-refractivity contribution in [1.82, 2.24) is 15.5 Å². The molecule has 0 saturated carbocycles. The van der Waals surface area contributed by atoms with E-state index in [0.717, 1.165) is 76.3 Å². The number of guanidine groups is 1. The lowest BCUT2D eigenvalue weighted by atomic mass is 10.0. The molecule has 8 heteroatoms. The molecule has 1 fully saturated rings. The molecule has 0 aliphatic carbocycles. The Morgan fingerprint density at radius 1 is 1.09 bits per heavy atom. The largest absolute Gasteiger partial charge is 0.497 e. The smallest absolute Gasteiger partial charge is 0.191 e. The van der Waals surface area contributed by atoms with E-state index in [4.69, 9.17) is 14.2 Å². The third kappa shape index (κ3) is 6.97. The minimum absolute atomic E-state index is 0. The molecular weight excluding hydrogens is 531 g/mol. The highest BCUT2D eigenvalue weighted by Crippen LogP contribution is 2.26. The van der Waals surface area contributed by atoms with E-state index < -0.39 is 0 Å². The minimum atomic E-state index is 0. The fourth-order valence-corrected chi connectivity index (χ4v) is 4.31. The molecule has 0 bridgehead atoms. The summed E-state index contributed by atoms with van der Waals surface area (Å²) in [7, 11) is 3.52. The number of rotatable bonds is 8. The van der Waals surface area contributed by atoms with Crippen LogP contribution in [0.25, 0.3) is 0 Å². The summed E-state index contributed by atoms with van der Waals surface area (Å²) in [4.78, 5) is 6.90. The van der Waals surface area contributed by atoms with Gasteiger partial charge in [0.2, 0.25) is 0 Å². The van der Waals surface area contributed by atoms with Crippen LogP contribution in [-0.4, -0.2) is 71.0 Å². The Balaban J connectivity index is 0.00000306. The molecular formula is C25H35IN4O3. The number of nitrogens with zero attached hydrogens (tertiary/aromatic N) is 2. The summed E-state index contributed by atoms with van der Waals surface area (Å²) in [5.41, 5.74) is 3.90. The first kappa shape index (κ1) is 25.6. The van der Waals surface area contributed by atoms with Crippen LogP contribution in [0.5, 0.6) is 11.5 Å². The van der Waals surface area contributed by atoms with E-state index in [0.29, 0.717) is 0 Å². The fourth-order valence-electron chi connectivity index (χ4n) is 4.31. The standard InChI is InChI=1S/C25H34N4O3.HI/c1-26-25(27-11-9-19-3-8-24-21(17-19)10-14-32-24)28-18-23(29-12-15-31-16-13-29)20-4-6-22(30-2)7-5-20;/h3-8,17,23H,9-16,18H2,1-2H3,(H2,26,27,28);1H.